The zero-order valence-corrected chi connectivity index (χ0v) is 6.99. The monoisotopic (exact) mass is 180 g/mol. The third kappa shape index (κ3) is 1.86. The molecule has 0 aromatic rings. The first-order chi connectivity index (χ1) is 5.16. The molecule has 0 radical (unpaired) electrons. The van der Waals surface area contributed by atoms with Gasteiger partial charge in [0.1, 0.15) is 23.7 Å². The SMILES string of the molecule is CS[C@H]1OC[C@@H](O)[C@@H](O)[C@H]1O. The summed E-state index contributed by atoms with van der Waals surface area (Å²) in [6.45, 7) is 0.0870. The fourth-order valence-corrected chi connectivity index (χ4v) is 1.64. The third-order valence-corrected chi connectivity index (χ3v) is 2.57. The van der Waals surface area contributed by atoms with Crippen LogP contribution in [0, 0.1) is 0 Å². The number of aliphatic hydroxyl groups is 3. The summed E-state index contributed by atoms with van der Waals surface area (Å²) in [7, 11) is 0. The zero-order chi connectivity index (χ0) is 8.43. The van der Waals surface area contributed by atoms with Crippen LogP contribution in [0.1, 0.15) is 0 Å². The van der Waals surface area contributed by atoms with Crippen molar-refractivity contribution < 1.29 is 20.1 Å². The summed E-state index contributed by atoms with van der Waals surface area (Å²) in [5.74, 6) is 0. The Bertz CT molecular complexity index is 130. The predicted molar refractivity (Wildman–Crippen MR) is 41.3 cm³/mol. The zero-order valence-electron chi connectivity index (χ0n) is 6.17. The van der Waals surface area contributed by atoms with E-state index in [2.05, 4.69) is 0 Å². The molecule has 0 aliphatic carbocycles. The Balaban J connectivity index is 2.52. The maximum Gasteiger partial charge on any atom is 0.131 e. The average Bonchev–Trinajstić information content (AvgIpc) is 2.01. The van der Waals surface area contributed by atoms with Gasteiger partial charge in [0.15, 0.2) is 0 Å². The van der Waals surface area contributed by atoms with Crippen molar-refractivity contribution in [1.29, 1.82) is 0 Å². The highest BCUT2D eigenvalue weighted by molar-refractivity contribution is 7.99. The lowest BCUT2D eigenvalue weighted by Crippen LogP contribution is -2.51. The van der Waals surface area contributed by atoms with Crippen molar-refractivity contribution in [3.8, 4) is 0 Å². The van der Waals surface area contributed by atoms with Crippen molar-refractivity contribution in [3.63, 3.8) is 0 Å². The summed E-state index contributed by atoms with van der Waals surface area (Å²) in [6.07, 6.45) is -1.26. The molecule has 0 bridgehead atoms. The van der Waals surface area contributed by atoms with Crippen LogP contribution >= 0.6 is 11.8 Å². The summed E-state index contributed by atoms with van der Waals surface area (Å²) >= 11 is 1.32. The molecule has 66 valence electrons. The van der Waals surface area contributed by atoms with Gasteiger partial charge < -0.3 is 20.1 Å². The number of aliphatic hydroxyl groups excluding tert-OH is 3. The van der Waals surface area contributed by atoms with Crippen LogP contribution in [0.25, 0.3) is 0 Å². The lowest BCUT2D eigenvalue weighted by Gasteiger charge is -2.34. The van der Waals surface area contributed by atoms with Crippen molar-refractivity contribution in [3.05, 3.63) is 0 Å². The molecule has 4 atom stereocenters. The maximum atomic E-state index is 9.25. The molecule has 1 rings (SSSR count). The number of ether oxygens (including phenoxy) is 1. The van der Waals surface area contributed by atoms with Crippen LogP contribution in [0.5, 0.6) is 0 Å². The smallest absolute Gasteiger partial charge is 0.131 e. The Morgan fingerprint density at radius 1 is 1.27 bits per heavy atom. The standard InChI is InChI=1S/C6H12O4S/c1-11-6-5(9)4(8)3(7)2-10-6/h3-9H,2H2,1H3/t3-,4-,5-,6-/m1/s1. The van der Waals surface area contributed by atoms with Crippen molar-refractivity contribution in [2.24, 2.45) is 0 Å². The number of hydrogen-bond donors (Lipinski definition) is 3. The van der Waals surface area contributed by atoms with E-state index in [0.29, 0.717) is 0 Å². The summed E-state index contributed by atoms with van der Waals surface area (Å²) in [5, 5.41) is 27.4. The van der Waals surface area contributed by atoms with Gasteiger partial charge in [0.05, 0.1) is 6.61 Å². The average molecular weight is 180 g/mol. The van der Waals surface area contributed by atoms with Crippen molar-refractivity contribution in [1.82, 2.24) is 0 Å². The number of rotatable bonds is 1. The van der Waals surface area contributed by atoms with E-state index in [9.17, 15) is 5.11 Å². The van der Waals surface area contributed by atoms with E-state index in [1.165, 1.54) is 11.8 Å². The molecule has 4 nitrogen and oxygen atoms in total. The quantitative estimate of drug-likeness (QED) is 0.472. The Morgan fingerprint density at radius 3 is 2.45 bits per heavy atom. The van der Waals surface area contributed by atoms with E-state index in [-0.39, 0.29) is 6.61 Å². The van der Waals surface area contributed by atoms with E-state index < -0.39 is 23.7 Å². The second-order valence-corrected chi connectivity index (χ2v) is 3.42. The van der Waals surface area contributed by atoms with Crippen LogP contribution in [-0.2, 0) is 4.74 Å². The molecule has 0 amide bonds. The minimum atomic E-state index is -1.08. The van der Waals surface area contributed by atoms with Crippen LogP contribution < -0.4 is 0 Å². The molecular formula is C6H12O4S. The predicted octanol–water partition coefficient (Wildman–Crippen LogP) is -1.21. The molecule has 3 N–H and O–H groups in total. The normalized spacial score (nSPS) is 45.8. The maximum absolute atomic E-state index is 9.25. The lowest BCUT2D eigenvalue weighted by molar-refractivity contribution is -0.161. The van der Waals surface area contributed by atoms with Gasteiger partial charge in [-0.25, -0.2) is 0 Å². The van der Waals surface area contributed by atoms with Gasteiger partial charge in [-0.3, -0.25) is 0 Å². The van der Waals surface area contributed by atoms with Crippen molar-refractivity contribution in [2.45, 2.75) is 23.7 Å². The second kappa shape index (κ2) is 3.73. The van der Waals surface area contributed by atoms with Gasteiger partial charge in [-0.05, 0) is 6.26 Å². The van der Waals surface area contributed by atoms with Crippen LogP contribution in [-0.4, -0.2) is 51.9 Å². The minimum Gasteiger partial charge on any atom is -0.388 e. The molecule has 1 aliphatic heterocycles. The van der Waals surface area contributed by atoms with Gasteiger partial charge in [0.2, 0.25) is 0 Å². The number of hydrogen-bond acceptors (Lipinski definition) is 5. The first kappa shape index (κ1) is 9.28. The molecule has 1 saturated heterocycles. The molecule has 11 heavy (non-hydrogen) atoms. The molecule has 0 unspecified atom stereocenters. The summed E-state index contributed by atoms with van der Waals surface area (Å²) in [4.78, 5) is 0. The number of thioether (sulfide) groups is 1. The van der Waals surface area contributed by atoms with Crippen LogP contribution in [0.3, 0.4) is 0 Å². The van der Waals surface area contributed by atoms with E-state index in [4.69, 9.17) is 14.9 Å². The molecule has 0 spiro atoms. The highest BCUT2D eigenvalue weighted by Crippen LogP contribution is 2.22. The Labute approximate surface area is 69.2 Å². The Morgan fingerprint density at radius 2 is 1.91 bits per heavy atom. The van der Waals surface area contributed by atoms with E-state index in [1.54, 1.807) is 6.26 Å². The van der Waals surface area contributed by atoms with Crippen LogP contribution in [0.2, 0.25) is 0 Å². The largest absolute Gasteiger partial charge is 0.388 e. The van der Waals surface area contributed by atoms with Crippen molar-refractivity contribution >= 4 is 11.8 Å². The second-order valence-electron chi connectivity index (χ2n) is 2.49. The van der Waals surface area contributed by atoms with E-state index >= 15 is 0 Å². The molecule has 1 heterocycles. The summed E-state index contributed by atoms with van der Waals surface area (Å²) < 4.78 is 5.03. The van der Waals surface area contributed by atoms with Gasteiger partial charge in [0, 0.05) is 0 Å². The van der Waals surface area contributed by atoms with Gasteiger partial charge in [-0.2, -0.15) is 0 Å². The Hall–Kier alpha value is 0.190. The van der Waals surface area contributed by atoms with E-state index in [0.717, 1.165) is 0 Å². The summed E-state index contributed by atoms with van der Waals surface area (Å²) in [5.41, 5.74) is -0.423. The van der Waals surface area contributed by atoms with Crippen LogP contribution in [0.4, 0.5) is 0 Å². The lowest BCUT2D eigenvalue weighted by atomic mass is 10.1. The molecule has 1 fully saturated rings. The van der Waals surface area contributed by atoms with Gasteiger partial charge in [0.25, 0.3) is 0 Å². The third-order valence-electron chi connectivity index (χ3n) is 1.69. The van der Waals surface area contributed by atoms with Crippen LogP contribution in [0.15, 0.2) is 0 Å². The van der Waals surface area contributed by atoms with Gasteiger partial charge >= 0.3 is 0 Å². The van der Waals surface area contributed by atoms with Crippen molar-refractivity contribution in [2.75, 3.05) is 12.9 Å². The van der Waals surface area contributed by atoms with Gasteiger partial charge in [-0.15, -0.1) is 11.8 Å². The minimum absolute atomic E-state index is 0.0870. The molecule has 1 aliphatic rings. The highest BCUT2D eigenvalue weighted by atomic mass is 32.2. The van der Waals surface area contributed by atoms with Gasteiger partial charge in [-0.1, -0.05) is 0 Å². The Kier molecular flexibility index (Phi) is 3.15. The first-order valence-corrected chi connectivity index (χ1v) is 4.64. The fourth-order valence-electron chi connectivity index (χ4n) is 0.987. The summed E-state index contributed by atoms with van der Waals surface area (Å²) in [6, 6.07) is 0. The highest BCUT2D eigenvalue weighted by Gasteiger charge is 2.36. The molecule has 0 aromatic carbocycles. The first-order valence-electron chi connectivity index (χ1n) is 3.35. The fraction of sp³-hybridized carbons (Fsp3) is 1.00. The molecule has 5 heteroatoms. The molecule has 0 aromatic heterocycles. The topological polar surface area (TPSA) is 69.9 Å². The molecular weight excluding hydrogens is 168 g/mol. The van der Waals surface area contributed by atoms with E-state index in [1.807, 2.05) is 0 Å². The molecule has 0 saturated carbocycles.